The van der Waals surface area contributed by atoms with Crippen LogP contribution in [0.4, 0.5) is 0 Å². The van der Waals surface area contributed by atoms with Crippen LogP contribution >= 0.6 is 11.6 Å². The van der Waals surface area contributed by atoms with E-state index in [1.807, 2.05) is 0 Å². The van der Waals surface area contributed by atoms with E-state index in [2.05, 4.69) is 0 Å². The van der Waals surface area contributed by atoms with Crippen LogP contribution in [0.25, 0.3) is 0 Å². The summed E-state index contributed by atoms with van der Waals surface area (Å²) < 4.78 is 10.2. The SMILES string of the molecule is CCOC(=O)C=C(CN)Oc1ccccc1Cl. The van der Waals surface area contributed by atoms with Crippen LogP contribution in [0.2, 0.25) is 5.02 Å². The normalized spacial score (nSPS) is 11.1. The first-order valence-electron chi connectivity index (χ1n) is 5.17. The van der Waals surface area contributed by atoms with Gasteiger partial charge < -0.3 is 15.2 Å². The van der Waals surface area contributed by atoms with E-state index in [0.717, 1.165) is 0 Å². The first kappa shape index (κ1) is 13.5. The zero-order chi connectivity index (χ0) is 12.7. The summed E-state index contributed by atoms with van der Waals surface area (Å²) in [6.07, 6.45) is 1.22. The first-order chi connectivity index (χ1) is 8.17. The average Bonchev–Trinajstić information content (AvgIpc) is 2.31. The van der Waals surface area contributed by atoms with Gasteiger partial charge in [-0.3, -0.25) is 0 Å². The Hall–Kier alpha value is -1.52. The minimum atomic E-state index is -0.486. The summed E-state index contributed by atoms with van der Waals surface area (Å²) in [7, 11) is 0. The van der Waals surface area contributed by atoms with Crippen molar-refractivity contribution in [3.8, 4) is 5.75 Å². The second kappa shape index (κ2) is 6.93. The van der Waals surface area contributed by atoms with E-state index < -0.39 is 5.97 Å². The molecule has 1 rings (SSSR count). The summed E-state index contributed by atoms with van der Waals surface area (Å²) in [5, 5.41) is 0.454. The lowest BCUT2D eigenvalue weighted by atomic mass is 10.3. The highest BCUT2D eigenvalue weighted by Crippen LogP contribution is 2.24. The summed E-state index contributed by atoms with van der Waals surface area (Å²) in [4.78, 5) is 11.2. The highest BCUT2D eigenvalue weighted by molar-refractivity contribution is 6.32. The molecule has 0 bridgehead atoms. The Morgan fingerprint density at radius 3 is 2.76 bits per heavy atom. The van der Waals surface area contributed by atoms with Crippen molar-refractivity contribution in [2.24, 2.45) is 5.73 Å². The molecule has 0 amide bonds. The van der Waals surface area contributed by atoms with Crippen LogP contribution in [0.1, 0.15) is 6.92 Å². The van der Waals surface area contributed by atoms with Gasteiger partial charge in [0, 0.05) is 0 Å². The minimum absolute atomic E-state index is 0.0873. The lowest BCUT2D eigenvalue weighted by Crippen LogP contribution is -2.12. The van der Waals surface area contributed by atoms with Crippen LogP contribution in [0, 0.1) is 0 Å². The Morgan fingerprint density at radius 2 is 2.18 bits per heavy atom. The van der Waals surface area contributed by atoms with E-state index in [-0.39, 0.29) is 6.54 Å². The van der Waals surface area contributed by atoms with Crippen molar-refractivity contribution in [3.63, 3.8) is 0 Å². The van der Waals surface area contributed by atoms with Gasteiger partial charge in [-0.05, 0) is 19.1 Å². The summed E-state index contributed by atoms with van der Waals surface area (Å²) in [6.45, 7) is 2.12. The third kappa shape index (κ3) is 4.46. The van der Waals surface area contributed by atoms with Crippen molar-refractivity contribution in [3.05, 3.63) is 41.1 Å². The zero-order valence-electron chi connectivity index (χ0n) is 9.48. The first-order valence-corrected chi connectivity index (χ1v) is 5.55. The topological polar surface area (TPSA) is 61.5 Å². The molecule has 0 heterocycles. The van der Waals surface area contributed by atoms with Crippen molar-refractivity contribution >= 4 is 17.6 Å². The maximum absolute atomic E-state index is 11.2. The molecule has 0 unspecified atom stereocenters. The Balaban J connectivity index is 2.77. The molecule has 1 aromatic rings. The van der Waals surface area contributed by atoms with Crippen molar-refractivity contribution in [2.75, 3.05) is 13.2 Å². The van der Waals surface area contributed by atoms with E-state index in [9.17, 15) is 4.79 Å². The van der Waals surface area contributed by atoms with E-state index >= 15 is 0 Å². The second-order valence-corrected chi connectivity index (χ2v) is 3.51. The third-order valence-corrected chi connectivity index (χ3v) is 2.16. The standard InChI is InChI=1S/C12H14ClNO3/c1-2-16-12(15)7-9(8-14)17-11-6-4-3-5-10(11)13/h3-7H,2,8,14H2,1H3. The fourth-order valence-corrected chi connectivity index (χ4v) is 1.29. The molecule has 0 atom stereocenters. The number of halogens is 1. The van der Waals surface area contributed by atoms with Gasteiger partial charge in [-0.2, -0.15) is 0 Å². The van der Waals surface area contributed by atoms with Crippen LogP contribution in [0.5, 0.6) is 5.75 Å². The molecular weight excluding hydrogens is 242 g/mol. The van der Waals surface area contributed by atoms with E-state index in [0.29, 0.717) is 23.1 Å². The van der Waals surface area contributed by atoms with Gasteiger partial charge >= 0.3 is 5.97 Å². The number of hydrogen-bond acceptors (Lipinski definition) is 4. The van der Waals surface area contributed by atoms with Crippen molar-refractivity contribution in [2.45, 2.75) is 6.92 Å². The van der Waals surface area contributed by atoms with Gasteiger partial charge in [-0.1, -0.05) is 23.7 Å². The molecule has 0 aliphatic rings. The third-order valence-electron chi connectivity index (χ3n) is 1.84. The molecule has 92 valence electrons. The van der Waals surface area contributed by atoms with Crippen LogP contribution in [-0.4, -0.2) is 19.1 Å². The number of nitrogens with two attached hydrogens (primary N) is 1. The number of para-hydroxylation sites is 1. The van der Waals surface area contributed by atoms with E-state index in [1.165, 1.54) is 6.08 Å². The predicted octanol–water partition coefficient (Wildman–Crippen LogP) is 2.12. The number of carbonyl (C=O) groups is 1. The number of esters is 1. The lowest BCUT2D eigenvalue weighted by molar-refractivity contribution is -0.137. The van der Waals surface area contributed by atoms with Crippen LogP contribution in [0.3, 0.4) is 0 Å². The quantitative estimate of drug-likeness (QED) is 0.497. The molecule has 0 fully saturated rings. The highest BCUT2D eigenvalue weighted by atomic mass is 35.5. The molecule has 5 heteroatoms. The maximum atomic E-state index is 11.2. The molecule has 0 saturated carbocycles. The lowest BCUT2D eigenvalue weighted by Gasteiger charge is -2.09. The molecule has 2 N–H and O–H groups in total. The Bertz CT molecular complexity index is 418. The van der Waals surface area contributed by atoms with Crippen molar-refractivity contribution in [1.82, 2.24) is 0 Å². The summed E-state index contributed by atoms with van der Waals surface area (Å²) in [6, 6.07) is 6.94. The molecule has 0 aliphatic carbocycles. The van der Waals surface area contributed by atoms with E-state index in [1.54, 1.807) is 31.2 Å². The summed E-state index contributed by atoms with van der Waals surface area (Å²) in [5.41, 5.74) is 5.47. The van der Waals surface area contributed by atoms with Gasteiger partial charge in [0.1, 0.15) is 11.5 Å². The van der Waals surface area contributed by atoms with Crippen LogP contribution < -0.4 is 10.5 Å². The molecule has 0 aromatic heterocycles. The van der Waals surface area contributed by atoms with Crippen LogP contribution in [-0.2, 0) is 9.53 Å². The molecule has 0 spiro atoms. The molecule has 4 nitrogen and oxygen atoms in total. The monoisotopic (exact) mass is 255 g/mol. The van der Waals surface area contributed by atoms with E-state index in [4.69, 9.17) is 26.8 Å². The fraction of sp³-hybridized carbons (Fsp3) is 0.250. The Morgan fingerprint density at radius 1 is 1.47 bits per heavy atom. The Labute approximate surface area is 105 Å². The zero-order valence-corrected chi connectivity index (χ0v) is 10.2. The maximum Gasteiger partial charge on any atom is 0.334 e. The minimum Gasteiger partial charge on any atom is -0.463 e. The summed E-state index contributed by atoms with van der Waals surface area (Å²) >= 11 is 5.91. The smallest absolute Gasteiger partial charge is 0.334 e. The highest BCUT2D eigenvalue weighted by Gasteiger charge is 2.06. The molecular formula is C12H14ClNO3. The van der Waals surface area contributed by atoms with Gasteiger partial charge in [0.25, 0.3) is 0 Å². The van der Waals surface area contributed by atoms with Gasteiger partial charge in [-0.15, -0.1) is 0 Å². The number of ether oxygens (including phenoxy) is 2. The van der Waals surface area contributed by atoms with Gasteiger partial charge in [-0.25, -0.2) is 4.79 Å². The summed E-state index contributed by atoms with van der Waals surface area (Å²) in [5.74, 6) is 0.270. The van der Waals surface area contributed by atoms with Gasteiger partial charge in [0.15, 0.2) is 0 Å². The number of hydrogen-bond donors (Lipinski definition) is 1. The predicted molar refractivity (Wildman–Crippen MR) is 65.9 cm³/mol. The van der Waals surface area contributed by atoms with Gasteiger partial charge in [0.05, 0.1) is 24.3 Å². The molecule has 0 aliphatic heterocycles. The fourth-order valence-electron chi connectivity index (χ4n) is 1.11. The molecule has 0 radical (unpaired) electrons. The molecule has 17 heavy (non-hydrogen) atoms. The second-order valence-electron chi connectivity index (χ2n) is 3.10. The largest absolute Gasteiger partial charge is 0.463 e. The molecule has 1 aromatic carbocycles. The molecule has 0 saturated heterocycles. The van der Waals surface area contributed by atoms with Gasteiger partial charge in [0.2, 0.25) is 0 Å². The Kier molecular flexibility index (Phi) is 5.52. The number of rotatable bonds is 5. The van der Waals surface area contributed by atoms with Crippen LogP contribution in [0.15, 0.2) is 36.1 Å². The number of benzene rings is 1. The van der Waals surface area contributed by atoms with Crippen molar-refractivity contribution in [1.29, 1.82) is 0 Å². The number of carbonyl (C=O) groups excluding carboxylic acids is 1. The average molecular weight is 256 g/mol. The van der Waals surface area contributed by atoms with Crippen molar-refractivity contribution < 1.29 is 14.3 Å².